The molecule has 0 radical (unpaired) electrons. The van der Waals surface area contributed by atoms with E-state index >= 15 is 0 Å². The third kappa shape index (κ3) is 6.08. The molecule has 2 aromatic rings. The van der Waals surface area contributed by atoms with Gasteiger partial charge in [0.2, 0.25) is 11.8 Å². The summed E-state index contributed by atoms with van der Waals surface area (Å²) in [7, 11) is 0. The number of rotatable bonds is 7. The van der Waals surface area contributed by atoms with Gasteiger partial charge in [-0.05, 0) is 30.2 Å². The Morgan fingerprint density at radius 3 is 2.44 bits per heavy atom. The predicted octanol–water partition coefficient (Wildman–Crippen LogP) is 3.52. The number of hydrogen-bond acceptors (Lipinski definition) is 2. The molecule has 0 bridgehead atoms. The van der Waals surface area contributed by atoms with Crippen LogP contribution in [0.4, 0.5) is 0 Å². The Morgan fingerprint density at radius 2 is 1.76 bits per heavy atom. The number of carbonyl (C=O) groups is 2. The molecule has 0 fully saturated rings. The molecule has 5 heteroatoms. The quantitative estimate of drug-likeness (QED) is 0.772. The van der Waals surface area contributed by atoms with Crippen LogP contribution < -0.4 is 5.32 Å². The van der Waals surface area contributed by atoms with E-state index < -0.39 is 0 Å². The zero-order chi connectivity index (χ0) is 18.1. The van der Waals surface area contributed by atoms with Gasteiger partial charge in [-0.15, -0.1) is 0 Å². The second kappa shape index (κ2) is 9.64. The Morgan fingerprint density at radius 1 is 1.08 bits per heavy atom. The first-order valence-electron chi connectivity index (χ1n) is 8.12. The van der Waals surface area contributed by atoms with Gasteiger partial charge in [0.05, 0.1) is 6.54 Å². The summed E-state index contributed by atoms with van der Waals surface area (Å²) in [5.41, 5.74) is 1.81. The lowest BCUT2D eigenvalue weighted by Crippen LogP contribution is -2.39. The summed E-state index contributed by atoms with van der Waals surface area (Å²) in [4.78, 5) is 25.8. The number of hydrogen-bond donors (Lipinski definition) is 1. The van der Waals surface area contributed by atoms with Crippen molar-refractivity contribution in [1.82, 2.24) is 10.2 Å². The summed E-state index contributed by atoms with van der Waals surface area (Å²) in [6, 6.07) is 16.9. The summed E-state index contributed by atoms with van der Waals surface area (Å²) in [5, 5.41) is 3.25. The number of halogens is 1. The molecular weight excluding hydrogens is 336 g/mol. The fourth-order valence-corrected chi connectivity index (χ4v) is 2.47. The predicted molar refractivity (Wildman–Crippen MR) is 101 cm³/mol. The van der Waals surface area contributed by atoms with Gasteiger partial charge in [-0.25, -0.2) is 0 Å². The fourth-order valence-electron chi connectivity index (χ4n) is 2.28. The SMILES string of the molecule is CCN(Cc1ccccc1Cl)C(=O)CNC(=O)/C=C/c1ccccc1. The standard InChI is InChI=1S/C20H21ClN2O2/c1-2-23(15-17-10-6-7-11-18(17)21)20(25)14-22-19(24)13-12-16-8-4-3-5-9-16/h3-13H,2,14-15H2,1H3,(H,22,24)/b13-12+. The van der Waals surface area contributed by atoms with Crippen molar-refractivity contribution in [3.63, 3.8) is 0 Å². The molecule has 2 rings (SSSR count). The van der Waals surface area contributed by atoms with E-state index in [9.17, 15) is 9.59 Å². The number of benzene rings is 2. The van der Waals surface area contributed by atoms with Crippen molar-refractivity contribution in [3.8, 4) is 0 Å². The summed E-state index contributed by atoms with van der Waals surface area (Å²) in [5.74, 6) is -0.449. The molecule has 0 aliphatic heterocycles. The molecular formula is C20H21ClN2O2. The molecule has 1 N–H and O–H groups in total. The minimum atomic E-state index is -0.300. The first kappa shape index (κ1) is 18.7. The number of amides is 2. The van der Waals surface area contributed by atoms with Crippen molar-refractivity contribution in [2.45, 2.75) is 13.5 Å². The second-order valence-electron chi connectivity index (χ2n) is 5.46. The van der Waals surface area contributed by atoms with Crippen LogP contribution in [0.1, 0.15) is 18.1 Å². The molecule has 2 aromatic carbocycles. The molecule has 4 nitrogen and oxygen atoms in total. The highest BCUT2D eigenvalue weighted by Gasteiger charge is 2.14. The first-order valence-corrected chi connectivity index (χ1v) is 8.50. The van der Waals surface area contributed by atoms with Crippen molar-refractivity contribution in [1.29, 1.82) is 0 Å². The molecule has 2 amide bonds. The lowest BCUT2D eigenvalue weighted by atomic mass is 10.2. The summed E-state index contributed by atoms with van der Waals surface area (Å²) >= 11 is 6.14. The van der Waals surface area contributed by atoms with Crippen molar-refractivity contribution in [2.24, 2.45) is 0 Å². The van der Waals surface area contributed by atoms with E-state index in [-0.39, 0.29) is 18.4 Å². The molecule has 0 spiro atoms. The lowest BCUT2D eigenvalue weighted by molar-refractivity contribution is -0.132. The number of nitrogens with one attached hydrogen (secondary N) is 1. The van der Waals surface area contributed by atoms with Gasteiger partial charge in [0, 0.05) is 24.2 Å². The minimum Gasteiger partial charge on any atom is -0.343 e. The molecule has 25 heavy (non-hydrogen) atoms. The number of nitrogens with zero attached hydrogens (tertiary/aromatic N) is 1. The molecule has 0 aliphatic rings. The van der Waals surface area contributed by atoms with Crippen LogP contribution in [0.25, 0.3) is 6.08 Å². The van der Waals surface area contributed by atoms with Crippen LogP contribution >= 0.6 is 11.6 Å². The van der Waals surface area contributed by atoms with E-state index in [4.69, 9.17) is 11.6 Å². The Bertz CT molecular complexity index is 744. The largest absolute Gasteiger partial charge is 0.343 e. The number of carbonyl (C=O) groups excluding carboxylic acids is 2. The molecule has 0 heterocycles. The highest BCUT2D eigenvalue weighted by atomic mass is 35.5. The fraction of sp³-hybridized carbons (Fsp3) is 0.200. The third-order valence-electron chi connectivity index (χ3n) is 3.69. The zero-order valence-electron chi connectivity index (χ0n) is 14.1. The maximum Gasteiger partial charge on any atom is 0.244 e. The zero-order valence-corrected chi connectivity index (χ0v) is 14.9. The van der Waals surface area contributed by atoms with Crippen LogP contribution in [-0.2, 0) is 16.1 Å². The molecule has 0 aromatic heterocycles. The van der Waals surface area contributed by atoms with Gasteiger partial charge in [0.25, 0.3) is 0 Å². The van der Waals surface area contributed by atoms with Gasteiger partial charge in [0.15, 0.2) is 0 Å². The molecule has 0 saturated carbocycles. The van der Waals surface area contributed by atoms with Crippen LogP contribution in [0.3, 0.4) is 0 Å². The maximum absolute atomic E-state index is 12.3. The van der Waals surface area contributed by atoms with Crippen LogP contribution in [-0.4, -0.2) is 29.8 Å². The molecule has 0 atom stereocenters. The smallest absolute Gasteiger partial charge is 0.244 e. The van der Waals surface area contributed by atoms with Crippen LogP contribution in [0.2, 0.25) is 5.02 Å². The normalized spacial score (nSPS) is 10.6. The van der Waals surface area contributed by atoms with Crippen LogP contribution in [0.15, 0.2) is 60.7 Å². The maximum atomic E-state index is 12.3. The van der Waals surface area contributed by atoms with Crippen molar-refractivity contribution >= 4 is 29.5 Å². The molecule has 0 unspecified atom stereocenters. The Labute approximate surface area is 153 Å². The van der Waals surface area contributed by atoms with E-state index in [1.54, 1.807) is 17.0 Å². The topological polar surface area (TPSA) is 49.4 Å². The Hall–Kier alpha value is -2.59. The summed E-state index contributed by atoms with van der Waals surface area (Å²) in [6.07, 6.45) is 3.13. The molecule has 130 valence electrons. The van der Waals surface area contributed by atoms with Crippen molar-refractivity contribution in [3.05, 3.63) is 76.8 Å². The highest BCUT2D eigenvalue weighted by Crippen LogP contribution is 2.16. The van der Waals surface area contributed by atoms with Gasteiger partial charge in [-0.3, -0.25) is 9.59 Å². The average molecular weight is 357 g/mol. The Balaban J connectivity index is 1.86. The summed E-state index contributed by atoms with van der Waals surface area (Å²) < 4.78 is 0. The van der Waals surface area contributed by atoms with Crippen molar-refractivity contribution < 1.29 is 9.59 Å². The van der Waals surface area contributed by atoms with Gasteiger partial charge in [-0.2, -0.15) is 0 Å². The highest BCUT2D eigenvalue weighted by molar-refractivity contribution is 6.31. The van der Waals surface area contributed by atoms with E-state index in [1.165, 1.54) is 6.08 Å². The van der Waals surface area contributed by atoms with E-state index in [2.05, 4.69) is 5.32 Å². The second-order valence-corrected chi connectivity index (χ2v) is 5.87. The molecule has 0 aliphatic carbocycles. The average Bonchev–Trinajstić information content (AvgIpc) is 2.64. The van der Waals surface area contributed by atoms with Gasteiger partial charge >= 0.3 is 0 Å². The number of likely N-dealkylation sites (N-methyl/N-ethyl adjacent to an activating group) is 1. The summed E-state index contributed by atoms with van der Waals surface area (Å²) in [6.45, 7) is 2.81. The lowest BCUT2D eigenvalue weighted by Gasteiger charge is -2.21. The monoisotopic (exact) mass is 356 g/mol. The van der Waals surface area contributed by atoms with Crippen LogP contribution in [0.5, 0.6) is 0 Å². The van der Waals surface area contributed by atoms with Crippen LogP contribution in [0, 0.1) is 0 Å². The Kier molecular flexibility index (Phi) is 7.23. The van der Waals surface area contributed by atoms with E-state index in [1.807, 2.05) is 55.5 Å². The van der Waals surface area contributed by atoms with E-state index in [0.717, 1.165) is 11.1 Å². The van der Waals surface area contributed by atoms with Gasteiger partial charge < -0.3 is 10.2 Å². The molecule has 0 saturated heterocycles. The minimum absolute atomic E-state index is 0.0454. The van der Waals surface area contributed by atoms with E-state index in [0.29, 0.717) is 18.1 Å². The van der Waals surface area contributed by atoms with Crippen molar-refractivity contribution in [2.75, 3.05) is 13.1 Å². The third-order valence-corrected chi connectivity index (χ3v) is 4.06. The van der Waals surface area contributed by atoms with Gasteiger partial charge in [0.1, 0.15) is 0 Å². The van der Waals surface area contributed by atoms with Gasteiger partial charge in [-0.1, -0.05) is 60.1 Å². The first-order chi connectivity index (χ1) is 12.1.